The Kier molecular flexibility index (Phi) is 3.39. The van der Waals surface area contributed by atoms with Gasteiger partial charge in [0, 0.05) is 32.0 Å². The van der Waals surface area contributed by atoms with Gasteiger partial charge in [0.15, 0.2) is 0 Å². The van der Waals surface area contributed by atoms with Crippen molar-refractivity contribution in [2.75, 3.05) is 0 Å². The summed E-state index contributed by atoms with van der Waals surface area (Å²) in [4.78, 5) is 18.8. The van der Waals surface area contributed by atoms with Crippen molar-refractivity contribution in [3.05, 3.63) is 76.5 Å². The number of benzene rings is 2. The highest BCUT2D eigenvalue weighted by atomic mass is 79.9. The maximum atomic E-state index is 12.3. The van der Waals surface area contributed by atoms with Crippen LogP contribution in [0.25, 0.3) is 27.9 Å². The van der Waals surface area contributed by atoms with Crippen LogP contribution in [0.15, 0.2) is 65.1 Å². The summed E-state index contributed by atoms with van der Waals surface area (Å²) in [6.07, 6.45) is 3.40. The van der Waals surface area contributed by atoms with E-state index < -0.39 is 0 Å². The molecule has 23 heavy (non-hydrogen) atoms. The Balaban J connectivity index is 1.62. The average Bonchev–Trinajstić information content (AvgIpc) is 3.15. The fourth-order valence-electron chi connectivity index (χ4n) is 2.67. The summed E-state index contributed by atoms with van der Waals surface area (Å²) in [5.74, 6) is -0.0407. The van der Waals surface area contributed by atoms with Crippen LogP contribution < -0.4 is 0 Å². The average molecular weight is 365 g/mol. The smallest absolute Gasteiger partial charge is 0.202 e. The van der Waals surface area contributed by atoms with Gasteiger partial charge in [-0.15, -0.1) is 0 Å². The van der Waals surface area contributed by atoms with Crippen molar-refractivity contribution in [3.63, 3.8) is 0 Å². The quantitative estimate of drug-likeness (QED) is 0.375. The Morgan fingerprint density at radius 1 is 0.913 bits per heavy atom. The van der Waals surface area contributed by atoms with E-state index >= 15 is 0 Å². The van der Waals surface area contributed by atoms with Crippen LogP contribution in [0, 0.1) is 0 Å². The zero-order valence-corrected chi connectivity index (χ0v) is 13.7. The summed E-state index contributed by atoms with van der Waals surface area (Å²) >= 11 is 3.45. The van der Waals surface area contributed by atoms with E-state index in [4.69, 9.17) is 0 Å². The van der Waals surface area contributed by atoms with Crippen LogP contribution >= 0.6 is 15.9 Å². The van der Waals surface area contributed by atoms with Crippen LogP contribution in [0.2, 0.25) is 0 Å². The van der Waals surface area contributed by atoms with E-state index in [9.17, 15) is 4.79 Å². The summed E-state index contributed by atoms with van der Waals surface area (Å²) in [6.45, 7) is 0. The first-order valence-corrected chi connectivity index (χ1v) is 8.07. The fraction of sp³-hybridized carbons (Fsp3) is 0. The highest BCUT2D eigenvalue weighted by Gasteiger charge is 2.06. The van der Waals surface area contributed by atoms with E-state index in [0.717, 1.165) is 32.0 Å². The molecule has 2 aromatic heterocycles. The number of hydrogen-bond donors (Lipinski definition) is 2. The Morgan fingerprint density at radius 3 is 2.61 bits per heavy atom. The third-order valence-electron chi connectivity index (χ3n) is 3.82. The first-order valence-electron chi connectivity index (χ1n) is 7.27. The molecule has 0 spiro atoms. The highest BCUT2D eigenvalue weighted by Crippen LogP contribution is 2.21. The standard InChI is InChI=1S/C19H13BrN2O/c20-14-6-5-13-9-15(21-17(13)11-14)7-8-19(23)18-10-12-3-1-2-4-16(12)22-18/h1-11,21-22H/b8-7+. The van der Waals surface area contributed by atoms with Crippen molar-refractivity contribution in [1.29, 1.82) is 0 Å². The van der Waals surface area contributed by atoms with Gasteiger partial charge in [-0.05, 0) is 42.5 Å². The summed E-state index contributed by atoms with van der Waals surface area (Å²) in [5, 5.41) is 2.16. The summed E-state index contributed by atoms with van der Waals surface area (Å²) < 4.78 is 1.02. The van der Waals surface area contributed by atoms with Crippen LogP contribution in [-0.4, -0.2) is 15.8 Å². The first kappa shape index (κ1) is 14.0. The molecule has 0 atom stereocenters. The number of H-pyrrole nitrogens is 2. The molecule has 0 aliphatic heterocycles. The maximum absolute atomic E-state index is 12.3. The van der Waals surface area contributed by atoms with E-state index in [0.29, 0.717) is 5.69 Å². The highest BCUT2D eigenvalue weighted by molar-refractivity contribution is 9.10. The molecule has 2 N–H and O–H groups in total. The summed E-state index contributed by atoms with van der Waals surface area (Å²) in [6, 6.07) is 17.8. The normalized spacial score (nSPS) is 11.7. The predicted molar refractivity (Wildman–Crippen MR) is 97.7 cm³/mol. The van der Waals surface area contributed by atoms with Crippen molar-refractivity contribution < 1.29 is 4.79 Å². The van der Waals surface area contributed by atoms with Gasteiger partial charge in [0.05, 0.1) is 5.69 Å². The second-order valence-corrected chi connectivity index (χ2v) is 6.34. The Hall–Kier alpha value is -2.59. The molecule has 0 saturated carbocycles. The van der Waals surface area contributed by atoms with Crippen LogP contribution in [0.3, 0.4) is 0 Å². The molecule has 4 heteroatoms. The molecule has 2 aromatic carbocycles. The number of carbonyl (C=O) groups excluding carboxylic acids is 1. The third kappa shape index (κ3) is 2.73. The predicted octanol–water partition coefficient (Wildman–Crippen LogP) is 5.31. The molecule has 0 aliphatic carbocycles. The second-order valence-electron chi connectivity index (χ2n) is 5.42. The number of hydrogen-bond acceptors (Lipinski definition) is 1. The molecular formula is C19H13BrN2O. The van der Waals surface area contributed by atoms with Crippen LogP contribution in [0.4, 0.5) is 0 Å². The minimum Gasteiger partial charge on any atom is -0.355 e. The number of aromatic amines is 2. The number of para-hydroxylation sites is 1. The number of halogens is 1. The maximum Gasteiger partial charge on any atom is 0.202 e. The van der Waals surface area contributed by atoms with Gasteiger partial charge in [0.25, 0.3) is 0 Å². The SMILES string of the molecule is O=C(/C=C/c1cc2ccc(Br)cc2[nH]1)c1cc2ccccc2[nH]1. The monoisotopic (exact) mass is 364 g/mol. The number of ketones is 1. The van der Waals surface area contributed by atoms with Crippen LogP contribution in [-0.2, 0) is 0 Å². The molecule has 2 heterocycles. The largest absolute Gasteiger partial charge is 0.355 e. The number of nitrogens with one attached hydrogen (secondary N) is 2. The first-order chi connectivity index (χ1) is 11.2. The molecule has 0 unspecified atom stereocenters. The number of fused-ring (bicyclic) bond motifs is 2. The van der Waals surface area contributed by atoms with Crippen molar-refractivity contribution in [3.8, 4) is 0 Å². The second kappa shape index (κ2) is 5.56. The van der Waals surface area contributed by atoms with Crippen molar-refractivity contribution in [2.24, 2.45) is 0 Å². The lowest BCUT2D eigenvalue weighted by Gasteiger charge is -1.90. The van der Waals surface area contributed by atoms with Gasteiger partial charge >= 0.3 is 0 Å². The fourth-order valence-corrected chi connectivity index (χ4v) is 3.03. The molecule has 0 fully saturated rings. The molecular weight excluding hydrogens is 352 g/mol. The Morgan fingerprint density at radius 2 is 1.74 bits per heavy atom. The van der Waals surface area contributed by atoms with Gasteiger partial charge in [-0.25, -0.2) is 0 Å². The molecule has 0 radical (unpaired) electrons. The van der Waals surface area contributed by atoms with E-state index in [1.54, 1.807) is 6.08 Å². The van der Waals surface area contributed by atoms with Gasteiger partial charge < -0.3 is 9.97 Å². The van der Waals surface area contributed by atoms with E-state index in [-0.39, 0.29) is 5.78 Å². The van der Waals surface area contributed by atoms with Crippen LogP contribution in [0.5, 0.6) is 0 Å². The Bertz CT molecular complexity index is 1020. The zero-order chi connectivity index (χ0) is 15.8. The lowest BCUT2D eigenvalue weighted by Crippen LogP contribution is -1.93. The third-order valence-corrected chi connectivity index (χ3v) is 4.31. The van der Waals surface area contributed by atoms with Crippen molar-refractivity contribution in [1.82, 2.24) is 9.97 Å². The van der Waals surface area contributed by atoms with Crippen molar-refractivity contribution >= 4 is 49.6 Å². The van der Waals surface area contributed by atoms with E-state index in [1.165, 1.54) is 0 Å². The summed E-state index contributed by atoms with van der Waals surface area (Å²) in [5.41, 5.74) is 3.51. The minimum absolute atomic E-state index is 0.0407. The lowest BCUT2D eigenvalue weighted by molar-refractivity contribution is 0.104. The zero-order valence-electron chi connectivity index (χ0n) is 12.1. The van der Waals surface area contributed by atoms with Gasteiger partial charge in [-0.1, -0.05) is 40.2 Å². The number of allylic oxidation sites excluding steroid dienone is 1. The van der Waals surface area contributed by atoms with Gasteiger partial charge in [-0.3, -0.25) is 4.79 Å². The molecule has 4 rings (SSSR count). The topological polar surface area (TPSA) is 48.6 Å². The summed E-state index contributed by atoms with van der Waals surface area (Å²) in [7, 11) is 0. The lowest BCUT2D eigenvalue weighted by atomic mass is 10.2. The molecule has 0 bridgehead atoms. The number of aromatic nitrogens is 2. The minimum atomic E-state index is -0.0407. The number of rotatable bonds is 3. The van der Waals surface area contributed by atoms with Crippen LogP contribution in [0.1, 0.15) is 16.2 Å². The Labute approximate surface area is 141 Å². The molecule has 0 saturated heterocycles. The molecule has 112 valence electrons. The van der Waals surface area contributed by atoms with Crippen molar-refractivity contribution in [2.45, 2.75) is 0 Å². The molecule has 4 aromatic rings. The van der Waals surface area contributed by atoms with E-state index in [2.05, 4.69) is 25.9 Å². The molecule has 0 amide bonds. The molecule has 3 nitrogen and oxygen atoms in total. The van der Waals surface area contributed by atoms with Gasteiger partial charge in [0.2, 0.25) is 5.78 Å². The number of carbonyl (C=O) groups is 1. The molecule has 0 aliphatic rings. The van der Waals surface area contributed by atoms with Gasteiger partial charge in [0.1, 0.15) is 0 Å². The van der Waals surface area contributed by atoms with Gasteiger partial charge in [-0.2, -0.15) is 0 Å². The van der Waals surface area contributed by atoms with E-state index in [1.807, 2.05) is 60.7 Å².